The van der Waals surface area contributed by atoms with Crippen LogP contribution < -0.4 is 16.4 Å². The molecule has 3 amide bonds. The number of hydrogen-bond donors (Lipinski definition) is 3. The lowest BCUT2D eigenvalue weighted by atomic mass is 10.1. The van der Waals surface area contributed by atoms with E-state index in [1.807, 2.05) is 30.3 Å². The van der Waals surface area contributed by atoms with Gasteiger partial charge in [-0.25, -0.2) is 4.79 Å². The molecule has 0 spiro atoms. The molecular formula is C20H24N4O3. The van der Waals surface area contributed by atoms with Gasteiger partial charge in [0.15, 0.2) is 0 Å². The largest absolute Gasteiger partial charge is 0.379 e. The molecule has 2 aromatic rings. The van der Waals surface area contributed by atoms with Crippen LogP contribution in [0.25, 0.3) is 0 Å². The predicted molar refractivity (Wildman–Crippen MR) is 104 cm³/mol. The molecule has 27 heavy (non-hydrogen) atoms. The van der Waals surface area contributed by atoms with Gasteiger partial charge in [0.05, 0.1) is 19.3 Å². The molecule has 142 valence electrons. The van der Waals surface area contributed by atoms with Crippen molar-refractivity contribution in [3.63, 3.8) is 0 Å². The van der Waals surface area contributed by atoms with Crippen LogP contribution in [0.4, 0.5) is 10.5 Å². The summed E-state index contributed by atoms with van der Waals surface area (Å²) in [6.45, 7) is 3.85. The van der Waals surface area contributed by atoms with Gasteiger partial charge in [-0.15, -0.1) is 0 Å². The summed E-state index contributed by atoms with van der Waals surface area (Å²) in [5, 5.41) is 5.60. The van der Waals surface area contributed by atoms with Crippen LogP contribution >= 0.6 is 0 Å². The van der Waals surface area contributed by atoms with Gasteiger partial charge in [-0.05, 0) is 29.8 Å². The van der Waals surface area contributed by atoms with Crippen LogP contribution in [0.3, 0.4) is 0 Å². The van der Waals surface area contributed by atoms with Gasteiger partial charge < -0.3 is 21.1 Å². The number of rotatable bonds is 6. The van der Waals surface area contributed by atoms with E-state index in [2.05, 4.69) is 15.5 Å². The van der Waals surface area contributed by atoms with Gasteiger partial charge in [-0.3, -0.25) is 9.69 Å². The number of morpholine rings is 1. The monoisotopic (exact) mass is 368 g/mol. The Morgan fingerprint density at radius 2 is 1.70 bits per heavy atom. The Balaban J connectivity index is 1.70. The molecule has 0 aliphatic carbocycles. The fraction of sp³-hybridized carbons (Fsp3) is 0.300. The number of urea groups is 1. The zero-order valence-corrected chi connectivity index (χ0v) is 15.1. The molecule has 7 nitrogen and oxygen atoms in total. The third-order valence-corrected chi connectivity index (χ3v) is 4.47. The third-order valence-electron chi connectivity index (χ3n) is 4.47. The minimum Gasteiger partial charge on any atom is -0.379 e. The molecule has 2 aromatic carbocycles. The molecule has 0 bridgehead atoms. The van der Waals surface area contributed by atoms with Crippen LogP contribution in [0.2, 0.25) is 0 Å². The average molecular weight is 368 g/mol. The van der Waals surface area contributed by atoms with Crippen molar-refractivity contribution < 1.29 is 14.3 Å². The Morgan fingerprint density at radius 3 is 2.33 bits per heavy atom. The Bertz CT molecular complexity index is 759. The highest BCUT2D eigenvalue weighted by molar-refractivity contribution is 5.95. The molecule has 0 radical (unpaired) electrons. The predicted octanol–water partition coefficient (Wildman–Crippen LogP) is 1.98. The van der Waals surface area contributed by atoms with Gasteiger partial charge >= 0.3 is 6.03 Å². The molecule has 0 aromatic heterocycles. The van der Waals surface area contributed by atoms with Crippen LogP contribution in [-0.2, 0) is 4.74 Å². The SMILES string of the molecule is NC(=O)Nc1ccc(C(=O)N[C@@H](CN2CCOCC2)c2ccccc2)cc1. The Hall–Kier alpha value is -2.90. The lowest BCUT2D eigenvalue weighted by molar-refractivity contribution is 0.0332. The third kappa shape index (κ3) is 5.54. The van der Waals surface area contributed by atoms with Crippen molar-refractivity contribution in [2.75, 3.05) is 38.2 Å². The number of carbonyl (C=O) groups excluding carboxylic acids is 2. The first kappa shape index (κ1) is 18.9. The van der Waals surface area contributed by atoms with E-state index in [1.165, 1.54) is 0 Å². The molecule has 1 aliphatic heterocycles. The van der Waals surface area contributed by atoms with Crippen LogP contribution in [0.5, 0.6) is 0 Å². The second kappa shape index (κ2) is 9.16. The standard InChI is InChI=1S/C20H24N4O3/c21-20(26)22-17-8-6-16(7-9-17)19(25)23-18(15-4-2-1-3-5-15)14-24-10-12-27-13-11-24/h1-9,18H,10-14H2,(H,23,25)(H3,21,22,26)/t18-/m0/s1. The van der Waals surface area contributed by atoms with E-state index in [4.69, 9.17) is 10.5 Å². The number of primary amides is 1. The fourth-order valence-corrected chi connectivity index (χ4v) is 3.05. The maximum Gasteiger partial charge on any atom is 0.316 e. The number of ether oxygens (including phenoxy) is 1. The molecule has 1 saturated heterocycles. The topological polar surface area (TPSA) is 96.7 Å². The van der Waals surface area contributed by atoms with Crippen molar-refractivity contribution in [2.24, 2.45) is 5.73 Å². The molecule has 1 aliphatic rings. The second-order valence-electron chi connectivity index (χ2n) is 6.42. The van der Waals surface area contributed by atoms with Crippen molar-refractivity contribution in [3.8, 4) is 0 Å². The molecule has 0 unspecified atom stereocenters. The highest BCUT2D eigenvalue weighted by atomic mass is 16.5. The summed E-state index contributed by atoms with van der Waals surface area (Å²) >= 11 is 0. The number of benzene rings is 2. The molecule has 1 fully saturated rings. The van der Waals surface area contributed by atoms with E-state index in [-0.39, 0.29) is 11.9 Å². The summed E-state index contributed by atoms with van der Waals surface area (Å²) in [5.41, 5.74) is 7.23. The number of nitrogens with zero attached hydrogens (tertiary/aromatic N) is 1. The number of hydrogen-bond acceptors (Lipinski definition) is 4. The van der Waals surface area contributed by atoms with Gasteiger partial charge in [0.1, 0.15) is 0 Å². The summed E-state index contributed by atoms with van der Waals surface area (Å²) in [5.74, 6) is -0.164. The first-order valence-corrected chi connectivity index (χ1v) is 8.94. The number of carbonyl (C=O) groups is 2. The van der Waals surface area contributed by atoms with E-state index in [0.717, 1.165) is 25.2 Å². The van der Waals surface area contributed by atoms with E-state index < -0.39 is 6.03 Å². The molecule has 0 saturated carbocycles. The Labute approximate surface area is 158 Å². The first-order valence-electron chi connectivity index (χ1n) is 8.94. The van der Waals surface area contributed by atoms with Crippen molar-refractivity contribution >= 4 is 17.6 Å². The summed E-state index contributed by atoms with van der Waals surface area (Å²) in [4.78, 5) is 25.9. The van der Waals surface area contributed by atoms with Crippen LogP contribution in [0, 0.1) is 0 Å². The number of anilines is 1. The highest BCUT2D eigenvalue weighted by Crippen LogP contribution is 2.17. The van der Waals surface area contributed by atoms with Crippen molar-refractivity contribution in [2.45, 2.75) is 6.04 Å². The molecular weight excluding hydrogens is 344 g/mol. The van der Waals surface area contributed by atoms with Crippen molar-refractivity contribution in [3.05, 3.63) is 65.7 Å². The molecule has 1 heterocycles. The van der Waals surface area contributed by atoms with E-state index in [0.29, 0.717) is 24.5 Å². The number of amides is 3. The molecule has 7 heteroatoms. The number of nitrogens with two attached hydrogens (primary N) is 1. The highest BCUT2D eigenvalue weighted by Gasteiger charge is 2.20. The average Bonchev–Trinajstić information content (AvgIpc) is 2.69. The van der Waals surface area contributed by atoms with Crippen LogP contribution in [0.15, 0.2) is 54.6 Å². The quantitative estimate of drug-likeness (QED) is 0.726. The Kier molecular flexibility index (Phi) is 6.40. The van der Waals surface area contributed by atoms with E-state index in [1.54, 1.807) is 24.3 Å². The summed E-state index contributed by atoms with van der Waals surface area (Å²) < 4.78 is 5.41. The second-order valence-corrected chi connectivity index (χ2v) is 6.42. The molecule has 1 atom stereocenters. The van der Waals surface area contributed by atoms with Crippen LogP contribution in [0.1, 0.15) is 22.0 Å². The lowest BCUT2D eigenvalue weighted by Crippen LogP contribution is -2.43. The van der Waals surface area contributed by atoms with Gasteiger partial charge in [0, 0.05) is 30.9 Å². The summed E-state index contributed by atoms with van der Waals surface area (Å²) in [6.07, 6.45) is 0. The van der Waals surface area contributed by atoms with E-state index >= 15 is 0 Å². The fourth-order valence-electron chi connectivity index (χ4n) is 3.05. The smallest absolute Gasteiger partial charge is 0.316 e. The van der Waals surface area contributed by atoms with E-state index in [9.17, 15) is 9.59 Å². The van der Waals surface area contributed by atoms with Crippen molar-refractivity contribution in [1.29, 1.82) is 0 Å². The maximum atomic E-state index is 12.7. The zero-order valence-electron chi connectivity index (χ0n) is 15.1. The van der Waals surface area contributed by atoms with Crippen molar-refractivity contribution in [1.82, 2.24) is 10.2 Å². The summed E-state index contributed by atoms with van der Waals surface area (Å²) in [7, 11) is 0. The van der Waals surface area contributed by atoms with Gasteiger partial charge in [-0.1, -0.05) is 30.3 Å². The molecule has 4 N–H and O–H groups in total. The normalized spacial score (nSPS) is 15.7. The minimum atomic E-state index is -0.637. The number of nitrogens with one attached hydrogen (secondary N) is 2. The lowest BCUT2D eigenvalue weighted by Gasteiger charge is -2.31. The first-order chi connectivity index (χ1) is 13.1. The van der Waals surface area contributed by atoms with Gasteiger partial charge in [0.2, 0.25) is 0 Å². The molecule has 3 rings (SSSR count). The maximum absolute atomic E-state index is 12.7. The zero-order chi connectivity index (χ0) is 19.1. The van der Waals surface area contributed by atoms with Gasteiger partial charge in [0.25, 0.3) is 5.91 Å². The van der Waals surface area contributed by atoms with Crippen LogP contribution in [-0.4, -0.2) is 49.7 Å². The Morgan fingerprint density at radius 1 is 1.04 bits per heavy atom. The van der Waals surface area contributed by atoms with Gasteiger partial charge in [-0.2, -0.15) is 0 Å². The minimum absolute atomic E-state index is 0.125. The summed E-state index contributed by atoms with van der Waals surface area (Å²) in [6, 6.07) is 15.8.